The maximum atomic E-state index is 12.5. The fourth-order valence-corrected chi connectivity index (χ4v) is 2.64. The molecule has 0 N–H and O–H groups in total. The van der Waals surface area contributed by atoms with Gasteiger partial charge in [-0.1, -0.05) is 23.4 Å². The van der Waals surface area contributed by atoms with E-state index in [9.17, 15) is 9.59 Å². The van der Waals surface area contributed by atoms with E-state index < -0.39 is 18.0 Å². The van der Waals surface area contributed by atoms with Crippen molar-refractivity contribution in [2.75, 3.05) is 11.9 Å². The van der Waals surface area contributed by atoms with Gasteiger partial charge in [0, 0.05) is 19.2 Å². The summed E-state index contributed by atoms with van der Waals surface area (Å²) in [6.07, 6.45) is -0.576. The molecule has 0 saturated heterocycles. The van der Waals surface area contributed by atoms with Gasteiger partial charge < -0.3 is 14.2 Å². The van der Waals surface area contributed by atoms with Crippen LogP contribution in [0.4, 0.5) is 5.69 Å². The predicted octanol–water partition coefficient (Wildman–Crippen LogP) is 2.13. The number of fused-ring (bicyclic) bond motifs is 1. The number of nitrogens with zero attached hydrogens (tertiary/aromatic N) is 3. The van der Waals surface area contributed by atoms with Gasteiger partial charge in [-0.15, -0.1) is 0 Å². The topological polar surface area (TPSA) is 85.5 Å². The van der Waals surface area contributed by atoms with Crippen molar-refractivity contribution in [1.29, 1.82) is 0 Å². The maximum absolute atomic E-state index is 12.5. The smallest absolute Gasteiger partial charge is 0.314 e. The van der Waals surface area contributed by atoms with Gasteiger partial charge in [-0.05, 0) is 25.5 Å². The second-order valence-corrected chi connectivity index (χ2v) is 5.53. The van der Waals surface area contributed by atoms with Crippen LogP contribution in [0.3, 0.4) is 0 Å². The minimum absolute atomic E-state index is 0.0852. The van der Waals surface area contributed by atoms with E-state index in [1.54, 1.807) is 25.8 Å². The summed E-state index contributed by atoms with van der Waals surface area (Å²) in [4.78, 5) is 30.2. The molecular weight excluding hydrogens is 298 g/mol. The van der Waals surface area contributed by atoms with Crippen LogP contribution >= 0.6 is 0 Å². The molecule has 0 unspecified atom stereocenters. The first-order valence-electron chi connectivity index (χ1n) is 7.33. The van der Waals surface area contributed by atoms with Crippen LogP contribution in [0.15, 0.2) is 28.8 Å². The molecule has 1 aromatic carbocycles. The number of ether oxygens (including phenoxy) is 1. The molecule has 3 rings (SSSR count). The van der Waals surface area contributed by atoms with E-state index in [1.165, 1.54) is 0 Å². The van der Waals surface area contributed by atoms with E-state index in [0.717, 1.165) is 11.3 Å². The van der Waals surface area contributed by atoms with E-state index in [1.807, 2.05) is 24.3 Å². The Kier molecular flexibility index (Phi) is 3.85. The monoisotopic (exact) mass is 315 g/mol. The van der Waals surface area contributed by atoms with Gasteiger partial charge in [-0.2, -0.15) is 4.98 Å². The molecule has 0 aliphatic carbocycles. The van der Waals surface area contributed by atoms with Gasteiger partial charge >= 0.3 is 5.97 Å². The average molecular weight is 315 g/mol. The Bertz CT molecular complexity index is 755. The molecule has 1 amide bonds. The highest BCUT2D eigenvalue weighted by molar-refractivity contribution is 6.01. The minimum Gasteiger partial charge on any atom is -0.452 e. The number of aryl methyl sites for hydroxylation is 1. The highest BCUT2D eigenvalue weighted by atomic mass is 16.6. The number of aromatic nitrogens is 2. The third kappa shape index (κ3) is 2.81. The number of esters is 1. The summed E-state index contributed by atoms with van der Waals surface area (Å²) >= 11 is 0. The fraction of sp³-hybridized carbons (Fsp3) is 0.375. The fourth-order valence-electron chi connectivity index (χ4n) is 2.64. The van der Waals surface area contributed by atoms with E-state index in [2.05, 4.69) is 10.1 Å². The summed E-state index contributed by atoms with van der Waals surface area (Å²) in [5.41, 5.74) is 1.51. The van der Waals surface area contributed by atoms with Crippen molar-refractivity contribution in [3.8, 4) is 0 Å². The summed E-state index contributed by atoms with van der Waals surface area (Å²) < 4.78 is 10.4. The zero-order valence-corrected chi connectivity index (χ0v) is 13.1. The first kappa shape index (κ1) is 15.2. The molecular formula is C16H17N3O4. The molecule has 1 aliphatic heterocycles. The van der Waals surface area contributed by atoms with Gasteiger partial charge in [0.1, 0.15) is 0 Å². The molecule has 0 bridgehead atoms. The molecule has 0 fully saturated rings. The molecule has 0 radical (unpaired) electrons. The largest absolute Gasteiger partial charge is 0.452 e. The zero-order chi connectivity index (χ0) is 16.6. The second-order valence-electron chi connectivity index (χ2n) is 5.53. The van der Waals surface area contributed by atoms with Gasteiger partial charge in [0.2, 0.25) is 5.91 Å². The Hall–Kier alpha value is -2.70. The number of carbonyl (C=O) groups is 2. The van der Waals surface area contributed by atoms with Crippen LogP contribution in [0.2, 0.25) is 0 Å². The standard InChI is InChI=1S/C16H17N3O4/c1-9(15-17-10(2)18-23-15)22-16(21)12-8-14(20)19(3)13-7-5-4-6-11(12)13/h4-7,9,12H,8H2,1-3H3/t9-,12+/m1/s1. The molecule has 23 heavy (non-hydrogen) atoms. The summed E-state index contributed by atoms with van der Waals surface area (Å²) in [7, 11) is 1.70. The molecule has 2 heterocycles. The molecule has 7 nitrogen and oxygen atoms in total. The van der Waals surface area contributed by atoms with Crippen molar-refractivity contribution in [1.82, 2.24) is 10.1 Å². The Morgan fingerprint density at radius 3 is 2.87 bits per heavy atom. The van der Waals surface area contributed by atoms with Gasteiger partial charge in [0.25, 0.3) is 5.89 Å². The molecule has 0 spiro atoms. The van der Waals surface area contributed by atoms with Gasteiger partial charge in [0.05, 0.1) is 5.92 Å². The molecule has 0 saturated carbocycles. The summed E-state index contributed by atoms with van der Waals surface area (Å²) in [6.45, 7) is 3.35. The SMILES string of the molecule is Cc1noc([C@@H](C)OC(=O)[C@H]2CC(=O)N(C)c3ccccc32)n1. The minimum atomic E-state index is -0.661. The lowest BCUT2D eigenvalue weighted by atomic mass is 9.89. The zero-order valence-electron chi connectivity index (χ0n) is 13.1. The highest BCUT2D eigenvalue weighted by Gasteiger charge is 2.35. The summed E-state index contributed by atoms with van der Waals surface area (Å²) in [6, 6.07) is 7.33. The maximum Gasteiger partial charge on any atom is 0.314 e. The van der Waals surface area contributed by atoms with Gasteiger partial charge in [-0.3, -0.25) is 9.59 Å². The van der Waals surface area contributed by atoms with Crippen molar-refractivity contribution in [3.05, 3.63) is 41.5 Å². The number of carbonyl (C=O) groups excluding carboxylic acids is 2. The average Bonchev–Trinajstić information content (AvgIpc) is 2.97. The molecule has 7 heteroatoms. The number of rotatable bonds is 3. The van der Waals surface area contributed by atoms with Crippen molar-refractivity contribution in [2.45, 2.75) is 32.3 Å². The number of hydrogen-bond donors (Lipinski definition) is 0. The molecule has 120 valence electrons. The van der Waals surface area contributed by atoms with E-state index in [4.69, 9.17) is 9.26 Å². The van der Waals surface area contributed by atoms with Crippen LogP contribution in [0.5, 0.6) is 0 Å². The third-order valence-electron chi connectivity index (χ3n) is 3.89. The molecule has 2 atom stereocenters. The lowest BCUT2D eigenvalue weighted by Gasteiger charge is -2.30. The van der Waals surface area contributed by atoms with Crippen LogP contribution in [-0.2, 0) is 14.3 Å². The van der Waals surface area contributed by atoms with E-state index in [-0.39, 0.29) is 18.2 Å². The highest BCUT2D eigenvalue weighted by Crippen LogP contribution is 2.36. The van der Waals surface area contributed by atoms with Gasteiger partial charge in [-0.25, -0.2) is 0 Å². The number of hydrogen-bond acceptors (Lipinski definition) is 6. The van der Waals surface area contributed by atoms with Crippen LogP contribution in [0.25, 0.3) is 0 Å². The lowest BCUT2D eigenvalue weighted by molar-refractivity contribution is -0.153. The Morgan fingerprint density at radius 1 is 1.43 bits per heavy atom. The second kappa shape index (κ2) is 5.83. The lowest BCUT2D eigenvalue weighted by Crippen LogP contribution is -2.36. The van der Waals surface area contributed by atoms with Crippen molar-refractivity contribution >= 4 is 17.6 Å². The normalized spacial score (nSPS) is 18.5. The van der Waals surface area contributed by atoms with Crippen LogP contribution in [0, 0.1) is 6.92 Å². The first-order valence-corrected chi connectivity index (χ1v) is 7.33. The number of benzene rings is 1. The Balaban J connectivity index is 1.82. The Labute approximate surface area is 133 Å². The summed E-state index contributed by atoms with van der Waals surface area (Å²) in [5, 5.41) is 3.68. The van der Waals surface area contributed by atoms with Crippen molar-refractivity contribution in [2.24, 2.45) is 0 Å². The summed E-state index contributed by atoms with van der Waals surface area (Å²) in [5.74, 6) is -0.498. The number of para-hydroxylation sites is 1. The van der Waals surface area contributed by atoms with Crippen molar-refractivity contribution in [3.63, 3.8) is 0 Å². The van der Waals surface area contributed by atoms with Crippen LogP contribution in [0.1, 0.15) is 42.6 Å². The quantitative estimate of drug-likeness (QED) is 0.807. The first-order chi connectivity index (χ1) is 11.0. The molecule has 2 aromatic rings. The van der Waals surface area contributed by atoms with Crippen LogP contribution in [-0.4, -0.2) is 29.1 Å². The number of amides is 1. The molecule has 1 aromatic heterocycles. The molecule has 1 aliphatic rings. The van der Waals surface area contributed by atoms with Crippen LogP contribution < -0.4 is 4.90 Å². The number of anilines is 1. The third-order valence-corrected chi connectivity index (χ3v) is 3.89. The van der Waals surface area contributed by atoms with Gasteiger partial charge in [0.15, 0.2) is 11.9 Å². The van der Waals surface area contributed by atoms with E-state index >= 15 is 0 Å². The van der Waals surface area contributed by atoms with E-state index in [0.29, 0.717) is 5.82 Å². The predicted molar refractivity (Wildman–Crippen MR) is 80.8 cm³/mol. The Morgan fingerprint density at radius 2 is 2.17 bits per heavy atom. The van der Waals surface area contributed by atoms with Crippen molar-refractivity contribution < 1.29 is 18.8 Å².